The Morgan fingerprint density at radius 1 is 1.25 bits per heavy atom. The first kappa shape index (κ1) is 11.7. The zero-order valence-corrected chi connectivity index (χ0v) is 8.85. The fraction of sp³-hybridized carbons (Fsp3) is 0.900. The topological polar surface area (TPSA) is 29.5 Å². The van der Waals surface area contributed by atoms with Crippen LogP contribution in [0.15, 0.2) is 0 Å². The first-order chi connectivity index (χ1) is 7.46. The van der Waals surface area contributed by atoms with Gasteiger partial charge in [-0.1, -0.05) is 12.8 Å². The molecule has 0 radical (unpaired) electrons. The van der Waals surface area contributed by atoms with Crippen molar-refractivity contribution in [1.29, 1.82) is 0 Å². The van der Waals surface area contributed by atoms with Crippen molar-refractivity contribution in [1.82, 2.24) is 4.90 Å². The van der Waals surface area contributed by atoms with Gasteiger partial charge in [-0.25, -0.2) is 0 Å². The van der Waals surface area contributed by atoms with E-state index in [0.717, 1.165) is 17.7 Å². The molecule has 2 aliphatic rings. The minimum Gasteiger partial charge on any atom is -0.377 e. The molecule has 1 saturated heterocycles. The highest BCUT2D eigenvalue weighted by Crippen LogP contribution is 2.39. The third-order valence-corrected chi connectivity index (χ3v) is 3.42. The van der Waals surface area contributed by atoms with E-state index in [1.165, 1.54) is 0 Å². The molecule has 1 amide bonds. The molecule has 1 aliphatic carbocycles. The predicted molar refractivity (Wildman–Crippen MR) is 49.8 cm³/mol. The molecule has 0 bridgehead atoms. The van der Waals surface area contributed by atoms with E-state index in [2.05, 4.69) is 0 Å². The van der Waals surface area contributed by atoms with Crippen molar-refractivity contribution in [2.24, 2.45) is 0 Å². The van der Waals surface area contributed by atoms with Crippen molar-refractivity contribution >= 4 is 5.91 Å². The average Bonchev–Trinajstić information content (AvgIpc) is 2.65. The summed E-state index contributed by atoms with van der Waals surface area (Å²) in [5.41, 5.74) is -0.690. The minimum atomic E-state index is -4.77. The van der Waals surface area contributed by atoms with Crippen LogP contribution in [0, 0.1) is 0 Å². The van der Waals surface area contributed by atoms with Crippen LogP contribution in [-0.4, -0.2) is 42.3 Å². The largest absolute Gasteiger partial charge is 0.471 e. The van der Waals surface area contributed by atoms with E-state index in [4.69, 9.17) is 4.74 Å². The normalized spacial score (nSPS) is 25.1. The maximum absolute atomic E-state index is 12.4. The second-order valence-corrected chi connectivity index (χ2v) is 4.44. The predicted octanol–water partition coefficient (Wildman–Crippen LogP) is 1.72. The Kier molecular flexibility index (Phi) is 2.86. The molecule has 1 spiro atoms. The number of nitrogens with zero attached hydrogens (tertiary/aromatic N) is 1. The number of amides is 1. The van der Waals surface area contributed by atoms with E-state index in [1.54, 1.807) is 0 Å². The summed E-state index contributed by atoms with van der Waals surface area (Å²) in [4.78, 5) is 12.3. The number of halogens is 3. The Hall–Kier alpha value is -0.780. The van der Waals surface area contributed by atoms with Crippen LogP contribution in [0.4, 0.5) is 13.2 Å². The van der Waals surface area contributed by atoms with Crippen LogP contribution in [-0.2, 0) is 9.53 Å². The van der Waals surface area contributed by atoms with E-state index in [9.17, 15) is 18.0 Å². The molecule has 0 N–H and O–H groups in total. The number of alkyl halides is 3. The molecule has 0 aromatic rings. The number of carbonyl (C=O) groups excluding carboxylic acids is 1. The second-order valence-electron chi connectivity index (χ2n) is 4.44. The SMILES string of the molecule is O=C(N1CCOCC12CCCC2)C(F)(F)F. The third kappa shape index (κ3) is 1.90. The third-order valence-electron chi connectivity index (χ3n) is 3.42. The molecule has 0 aromatic heterocycles. The summed E-state index contributed by atoms with van der Waals surface area (Å²) in [7, 11) is 0. The van der Waals surface area contributed by atoms with Crippen molar-refractivity contribution in [2.75, 3.05) is 19.8 Å². The first-order valence-corrected chi connectivity index (χ1v) is 5.42. The smallest absolute Gasteiger partial charge is 0.377 e. The van der Waals surface area contributed by atoms with E-state index in [1.807, 2.05) is 0 Å². The fourth-order valence-corrected chi connectivity index (χ4v) is 2.65. The van der Waals surface area contributed by atoms with E-state index in [-0.39, 0.29) is 19.8 Å². The molecule has 0 atom stereocenters. The molecule has 6 heteroatoms. The van der Waals surface area contributed by atoms with Crippen LogP contribution in [0.25, 0.3) is 0 Å². The van der Waals surface area contributed by atoms with Gasteiger partial charge in [0, 0.05) is 6.54 Å². The molecule has 1 heterocycles. The van der Waals surface area contributed by atoms with E-state index in [0.29, 0.717) is 12.8 Å². The minimum absolute atomic E-state index is 0.0539. The van der Waals surface area contributed by atoms with Crippen LogP contribution in [0.1, 0.15) is 25.7 Å². The molecule has 92 valence electrons. The van der Waals surface area contributed by atoms with Gasteiger partial charge in [-0.05, 0) is 12.8 Å². The highest BCUT2D eigenvalue weighted by Gasteiger charge is 2.52. The van der Waals surface area contributed by atoms with E-state index < -0.39 is 17.6 Å². The van der Waals surface area contributed by atoms with Crippen LogP contribution >= 0.6 is 0 Å². The number of carbonyl (C=O) groups is 1. The highest BCUT2D eigenvalue weighted by molar-refractivity contribution is 5.82. The second kappa shape index (κ2) is 3.91. The monoisotopic (exact) mass is 237 g/mol. The van der Waals surface area contributed by atoms with Crippen molar-refractivity contribution in [2.45, 2.75) is 37.4 Å². The molecule has 1 aliphatic heterocycles. The summed E-state index contributed by atoms with van der Waals surface area (Å²) in [6.07, 6.45) is -1.80. The van der Waals surface area contributed by atoms with Gasteiger partial charge < -0.3 is 9.64 Å². The summed E-state index contributed by atoms with van der Waals surface area (Å²) >= 11 is 0. The lowest BCUT2D eigenvalue weighted by Crippen LogP contribution is -2.60. The van der Waals surface area contributed by atoms with Crippen LogP contribution in [0.5, 0.6) is 0 Å². The van der Waals surface area contributed by atoms with Crippen molar-refractivity contribution in [3.63, 3.8) is 0 Å². The highest BCUT2D eigenvalue weighted by atomic mass is 19.4. The zero-order chi connectivity index (χ0) is 11.8. The Morgan fingerprint density at radius 3 is 2.44 bits per heavy atom. The number of hydrogen-bond acceptors (Lipinski definition) is 2. The lowest BCUT2D eigenvalue weighted by Gasteiger charge is -2.44. The Labute approximate surface area is 91.5 Å². The van der Waals surface area contributed by atoms with Gasteiger partial charge in [0.05, 0.1) is 18.8 Å². The summed E-state index contributed by atoms with van der Waals surface area (Å²) in [6.45, 7) is 0.497. The summed E-state index contributed by atoms with van der Waals surface area (Å²) < 4.78 is 42.6. The quantitative estimate of drug-likeness (QED) is 0.642. The molecule has 3 nitrogen and oxygen atoms in total. The summed E-state index contributed by atoms with van der Waals surface area (Å²) in [5.74, 6) is -1.71. The van der Waals surface area contributed by atoms with Gasteiger partial charge >= 0.3 is 12.1 Å². The van der Waals surface area contributed by atoms with Gasteiger partial charge in [0.1, 0.15) is 0 Å². The number of rotatable bonds is 0. The molecular weight excluding hydrogens is 223 g/mol. The van der Waals surface area contributed by atoms with Gasteiger partial charge in [-0.15, -0.1) is 0 Å². The van der Waals surface area contributed by atoms with Crippen molar-refractivity contribution in [3.05, 3.63) is 0 Å². The Balaban J connectivity index is 2.20. The molecule has 2 rings (SSSR count). The van der Waals surface area contributed by atoms with Gasteiger partial charge in [0.25, 0.3) is 0 Å². The van der Waals surface area contributed by atoms with Gasteiger partial charge in [0.2, 0.25) is 0 Å². The summed E-state index contributed by atoms with van der Waals surface area (Å²) in [5, 5.41) is 0. The number of morpholine rings is 1. The number of hydrogen-bond donors (Lipinski definition) is 0. The Bertz CT molecular complexity index is 284. The molecule has 16 heavy (non-hydrogen) atoms. The standard InChI is InChI=1S/C10H14F3NO2/c11-10(12,13)8(15)14-5-6-16-7-9(14)3-1-2-4-9/h1-7H2. The molecule has 0 aromatic carbocycles. The first-order valence-electron chi connectivity index (χ1n) is 5.42. The lowest BCUT2D eigenvalue weighted by molar-refractivity contribution is -0.199. The van der Waals surface area contributed by atoms with Crippen molar-refractivity contribution < 1.29 is 22.7 Å². The van der Waals surface area contributed by atoms with Crippen LogP contribution in [0.2, 0.25) is 0 Å². The fourth-order valence-electron chi connectivity index (χ4n) is 2.65. The molecule has 0 unspecified atom stereocenters. The maximum Gasteiger partial charge on any atom is 0.471 e. The Morgan fingerprint density at radius 2 is 1.88 bits per heavy atom. The zero-order valence-electron chi connectivity index (χ0n) is 8.85. The van der Waals surface area contributed by atoms with Crippen LogP contribution < -0.4 is 0 Å². The number of ether oxygens (including phenoxy) is 1. The molecule has 1 saturated carbocycles. The van der Waals surface area contributed by atoms with E-state index >= 15 is 0 Å². The summed E-state index contributed by atoms with van der Waals surface area (Å²) in [6, 6.07) is 0. The van der Waals surface area contributed by atoms with Gasteiger partial charge in [-0.2, -0.15) is 13.2 Å². The maximum atomic E-state index is 12.4. The molecular formula is C10H14F3NO2. The van der Waals surface area contributed by atoms with Crippen molar-refractivity contribution in [3.8, 4) is 0 Å². The lowest BCUT2D eigenvalue weighted by atomic mass is 9.94. The van der Waals surface area contributed by atoms with Crippen LogP contribution in [0.3, 0.4) is 0 Å². The average molecular weight is 237 g/mol. The van der Waals surface area contributed by atoms with Gasteiger partial charge in [-0.3, -0.25) is 4.79 Å². The molecule has 2 fully saturated rings. The van der Waals surface area contributed by atoms with Gasteiger partial charge in [0.15, 0.2) is 0 Å².